The van der Waals surface area contributed by atoms with Gasteiger partial charge in [-0.3, -0.25) is 4.90 Å². The normalized spacial score (nSPS) is 10.2. The lowest BCUT2D eigenvalue weighted by molar-refractivity contribution is -0.137. The number of nitrogens with zero attached hydrogens (tertiary/aromatic N) is 3. The largest absolute Gasteiger partial charge is 0.416 e. The van der Waals surface area contributed by atoms with E-state index >= 15 is 0 Å². The molecule has 0 aliphatic carbocycles. The average Bonchev–Trinajstić information content (AvgIpc) is 2.38. The smallest absolute Gasteiger partial charge is 0.308 e. The molecule has 0 saturated heterocycles. The molecule has 8 heteroatoms. The zero-order chi connectivity index (χ0) is 15.2. The van der Waals surface area contributed by atoms with Crippen LogP contribution in [0.25, 0.3) is 0 Å². The van der Waals surface area contributed by atoms with Gasteiger partial charge in [-0.1, -0.05) is 6.07 Å². The summed E-state index contributed by atoms with van der Waals surface area (Å²) in [5, 5.41) is 19.2. The van der Waals surface area contributed by atoms with E-state index in [9.17, 15) is 18.0 Å². The Morgan fingerprint density at radius 2 is 1.85 bits per heavy atom. The zero-order valence-electron chi connectivity index (χ0n) is 10.1. The van der Waals surface area contributed by atoms with E-state index < -0.39 is 17.8 Å². The highest BCUT2D eigenvalue weighted by molar-refractivity contribution is 5.89. The highest BCUT2D eigenvalue weighted by Gasteiger charge is 2.30. The standard InChI is InChI=1S/C12H9F3N4O/c13-12(14,15)9-2-1-3-10(8-9)18-11(20)19(6-4-16)7-5-17/h1-3,8H,6-7H2,(H,18,20). The van der Waals surface area contributed by atoms with Crippen molar-refractivity contribution in [3.8, 4) is 12.1 Å². The van der Waals surface area contributed by atoms with E-state index in [1.54, 1.807) is 12.1 Å². The van der Waals surface area contributed by atoms with Gasteiger partial charge in [0.05, 0.1) is 17.7 Å². The number of anilines is 1. The summed E-state index contributed by atoms with van der Waals surface area (Å²) in [6.45, 7) is -0.670. The van der Waals surface area contributed by atoms with Crippen molar-refractivity contribution in [2.45, 2.75) is 6.18 Å². The van der Waals surface area contributed by atoms with E-state index in [0.717, 1.165) is 23.1 Å². The maximum Gasteiger partial charge on any atom is 0.416 e. The van der Waals surface area contributed by atoms with Gasteiger partial charge in [-0.15, -0.1) is 0 Å². The first-order valence-electron chi connectivity index (χ1n) is 5.35. The topological polar surface area (TPSA) is 79.9 Å². The van der Waals surface area contributed by atoms with Crippen LogP contribution in [-0.2, 0) is 6.18 Å². The number of hydrogen-bond donors (Lipinski definition) is 1. The number of urea groups is 1. The minimum absolute atomic E-state index is 0.0642. The van der Waals surface area contributed by atoms with E-state index in [0.29, 0.717) is 0 Å². The molecule has 0 spiro atoms. The SMILES string of the molecule is N#CCN(CC#N)C(=O)Nc1cccc(C(F)(F)F)c1. The van der Waals surface area contributed by atoms with Crippen molar-refractivity contribution >= 4 is 11.7 Å². The number of benzene rings is 1. The van der Waals surface area contributed by atoms with Gasteiger partial charge in [0.25, 0.3) is 0 Å². The lowest BCUT2D eigenvalue weighted by Crippen LogP contribution is -2.35. The molecule has 2 amide bonds. The van der Waals surface area contributed by atoms with Crippen molar-refractivity contribution in [3.63, 3.8) is 0 Å². The summed E-state index contributed by atoms with van der Waals surface area (Å²) < 4.78 is 37.5. The highest BCUT2D eigenvalue weighted by atomic mass is 19.4. The molecular formula is C12H9F3N4O. The molecule has 1 aromatic carbocycles. The van der Waals surface area contributed by atoms with E-state index in [2.05, 4.69) is 5.32 Å². The lowest BCUT2D eigenvalue weighted by atomic mass is 10.2. The summed E-state index contributed by atoms with van der Waals surface area (Å²) in [6, 6.07) is 6.64. The van der Waals surface area contributed by atoms with Gasteiger partial charge in [-0.25, -0.2) is 4.79 Å². The van der Waals surface area contributed by atoms with Gasteiger partial charge >= 0.3 is 12.2 Å². The number of hydrogen-bond acceptors (Lipinski definition) is 3. The molecule has 0 fully saturated rings. The molecule has 0 unspecified atom stereocenters. The van der Waals surface area contributed by atoms with Gasteiger partial charge in [-0.05, 0) is 18.2 Å². The van der Waals surface area contributed by atoms with Crippen LogP contribution >= 0.6 is 0 Å². The molecule has 1 aromatic rings. The fourth-order valence-corrected chi connectivity index (χ4v) is 1.35. The maximum absolute atomic E-state index is 12.5. The van der Waals surface area contributed by atoms with E-state index in [1.807, 2.05) is 0 Å². The van der Waals surface area contributed by atoms with E-state index in [4.69, 9.17) is 10.5 Å². The maximum atomic E-state index is 12.5. The van der Waals surface area contributed by atoms with Gasteiger partial charge in [0.1, 0.15) is 13.1 Å². The van der Waals surface area contributed by atoms with Crippen molar-refractivity contribution in [2.75, 3.05) is 18.4 Å². The van der Waals surface area contributed by atoms with Crippen LogP contribution in [0.3, 0.4) is 0 Å². The van der Waals surface area contributed by atoms with Gasteiger partial charge in [0, 0.05) is 5.69 Å². The van der Waals surface area contributed by atoms with Crippen molar-refractivity contribution in [1.29, 1.82) is 10.5 Å². The second-order valence-electron chi connectivity index (χ2n) is 3.68. The summed E-state index contributed by atoms with van der Waals surface area (Å²) in [5.41, 5.74) is -0.965. The van der Waals surface area contributed by atoms with Crippen LogP contribution in [0.5, 0.6) is 0 Å². The Bertz CT molecular complexity index is 555. The van der Waals surface area contributed by atoms with Gasteiger partial charge in [-0.2, -0.15) is 23.7 Å². The Labute approximate surface area is 112 Å². The number of nitrogens with one attached hydrogen (secondary N) is 1. The first kappa shape index (κ1) is 15.3. The molecule has 0 atom stereocenters. The molecule has 5 nitrogen and oxygen atoms in total. The number of carbonyl (C=O) groups is 1. The number of carbonyl (C=O) groups excluding carboxylic acids is 1. The van der Waals surface area contributed by atoms with Crippen LogP contribution in [0.4, 0.5) is 23.7 Å². The molecule has 0 aliphatic heterocycles. The summed E-state index contributed by atoms with van der Waals surface area (Å²) in [4.78, 5) is 12.6. The van der Waals surface area contributed by atoms with E-state index in [1.165, 1.54) is 6.07 Å². The van der Waals surface area contributed by atoms with Crippen molar-refractivity contribution in [3.05, 3.63) is 29.8 Å². The fourth-order valence-electron chi connectivity index (χ4n) is 1.35. The first-order chi connectivity index (χ1) is 9.38. The van der Waals surface area contributed by atoms with Gasteiger partial charge in [0.2, 0.25) is 0 Å². The molecule has 0 bridgehead atoms. The van der Waals surface area contributed by atoms with Crippen LogP contribution in [0.15, 0.2) is 24.3 Å². The minimum Gasteiger partial charge on any atom is -0.308 e. The third kappa shape index (κ3) is 4.18. The molecule has 104 valence electrons. The number of halogens is 3. The molecule has 0 aromatic heterocycles. The van der Waals surface area contributed by atoms with Crippen LogP contribution in [-0.4, -0.2) is 24.0 Å². The highest BCUT2D eigenvalue weighted by Crippen LogP contribution is 2.30. The molecule has 0 radical (unpaired) electrons. The average molecular weight is 282 g/mol. The second-order valence-corrected chi connectivity index (χ2v) is 3.68. The van der Waals surface area contributed by atoms with Crippen LogP contribution in [0, 0.1) is 22.7 Å². The third-order valence-electron chi connectivity index (χ3n) is 2.25. The number of rotatable bonds is 3. The summed E-state index contributed by atoms with van der Waals surface area (Å²) >= 11 is 0. The van der Waals surface area contributed by atoms with Gasteiger partial charge < -0.3 is 5.32 Å². The predicted octanol–water partition coefficient (Wildman–Crippen LogP) is 2.59. The lowest BCUT2D eigenvalue weighted by Gasteiger charge is -2.17. The Balaban J connectivity index is 2.85. The molecule has 20 heavy (non-hydrogen) atoms. The first-order valence-corrected chi connectivity index (χ1v) is 5.35. The Hall–Kier alpha value is -2.74. The summed E-state index contributed by atoms with van der Waals surface area (Å²) in [6.07, 6.45) is -4.51. The fraction of sp³-hybridized carbons (Fsp3) is 0.250. The number of amides is 2. The van der Waals surface area contributed by atoms with Crippen LogP contribution < -0.4 is 5.32 Å². The third-order valence-corrected chi connectivity index (χ3v) is 2.25. The molecule has 0 saturated carbocycles. The van der Waals surface area contributed by atoms with Gasteiger partial charge in [0.15, 0.2) is 0 Å². The quantitative estimate of drug-likeness (QED) is 0.865. The Morgan fingerprint density at radius 1 is 1.25 bits per heavy atom. The van der Waals surface area contributed by atoms with Crippen LogP contribution in [0.1, 0.15) is 5.56 Å². The summed E-state index contributed by atoms with van der Waals surface area (Å²) in [5.74, 6) is 0. The van der Waals surface area contributed by atoms with Crippen molar-refractivity contribution in [1.82, 2.24) is 4.90 Å². The minimum atomic E-state index is -4.51. The molecule has 1 N–H and O–H groups in total. The monoisotopic (exact) mass is 282 g/mol. The molecule has 1 rings (SSSR count). The van der Waals surface area contributed by atoms with E-state index in [-0.39, 0.29) is 18.8 Å². The Morgan fingerprint density at radius 3 is 2.35 bits per heavy atom. The molecule has 0 aliphatic rings. The number of nitriles is 2. The van der Waals surface area contributed by atoms with Crippen molar-refractivity contribution < 1.29 is 18.0 Å². The zero-order valence-corrected chi connectivity index (χ0v) is 10.1. The van der Waals surface area contributed by atoms with Crippen LogP contribution in [0.2, 0.25) is 0 Å². The second kappa shape index (κ2) is 6.43. The number of alkyl halides is 3. The Kier molecular flexibility index (Phi) is 4.93. The predicted molar refractivity (Wildman–Crippen MR) is 63.3 cm³/mol. The molecular weight excluding hydrogens is 273 g/mol. The van der Waals surface area contributed by atoms with Crippen molar-refractivity contribution in [2.24, 2.45) is 0 Å². The molecule has 0 heterocycles. The summed E-state index contributed by atoms with van der Waals surface area (Å²) in [7, 11) is 0.